The number of para-hydroxylation sites is 1. The SMILES string of the molecule is CN1C(=O)N(C)C(=O)C2(Cc3ccccc3N3CCN(C/C=C/c4ccccc4)C[C@@H]32)C1=O. The summed E-state index contributed by atoms with van der Waals surface area (Å²) in [6.07, 6.45) is 4.52. The van der Waals surface area contributed by atoms with E-state index in [1.54, 1.807) is 0 Å². The van der Waals surface area contributed by atoms with Crippen molar-refractivity contribution in [1.29, 1.82) is 0 Å². The number of rotatable bonds is 3. The Labute approximate surface area is 193 Å². The molecule has 0 radical (unpaired) electrons. The van der Waals surface area contributed by atoms with Crippen LogP contribution in [0.5, 0.6) is 0 Å². The van der Waals surface area contributed by atoms with E-state index in [0.717, 1.165) is 39.7 Å². The van der Waals surface area contributed by atoms with Gasteiger partial charge in [-0.05, 0) is 23.6 Å². The summed E-state index contributed by atoms with van der Waals surface area (Å²) < 4.78 is 0. The Morgan fingerprint density at radius 2 is 1.58 bits per heavy atom. The summed E-state index contributed by atoms with van der Waals surface area (Å²) in [5, 5.41) is 0. The molecule has 3 heterocycles. The maximum atomic E-state index is 13.6. The number of hydrogen-bond acceptors (Lipinski definition) is 5. The molecule has 7 nitrogen and oxygen atoms in total. The van der Waals surface area contributed by atoms with Crippen molar-refractivity contribution in [2.75, 3.05) is 45.2 Å². The Kier molecular flexibility index (Phi) is 5.29. The zero-order valence-corrected chi connectivity index (χ0v) is 19.0. The van der Waals surface area contributed by atoms with Crippen molar-refractivity contribution in [3.05, 3.63) is 71.8 Å². The van der Waals surface area contributed by atoms with Gasteiger partial charge in [0.05, 0.1) is 6.04 Å². The van der Waals surface area contributed by atoms with E-state index in [4.69, 9.17) is 0 Å². The fourth-order valence-corrected chi connectivity index (χ4v) is 5.50. The lowest BCUT2D eigenvalue weighted by Gasteiger charge is -2.56. The Morgan fingerprint density at radius 3 is 2.30 bits per heavy atom. The van der Waals surface area contributed by atoms with Crippen molar-refractivity contribution in [2.24, 2.45) is 5.41 Å². The van der Waals surface area contributed by atoms with E-state index in [2.05, 4.69) is 40.2 Å². The molecule has 4 amide bonds. The molecule has 3 aliphatic rings. The second-order valence-corrected chi connectivity index (χ2v) is 9.07. The first kappa shape index (κ1) is 21.4. The van der Waals surface area contributed by atoms with Crippen LogP contribution < -0.4 is 4.90 Å². The summed E-state index contributed by atoms with van der Waals surface area (Å²) in [7, 11) is 2.95. The summed E-state index contributed by atoms with van der Waals surface area (Å²) in [5.41, 5.74) is 1.88. The van der Waals surface area contributed by atoms with E-state index >= 15 is 0 Å². The second-order valence-electron chi connectivity index (χ2n) is 9.07. The number of urea groups is 1. The van der Waals surface area contributed by atoms with Gasteiger partial charge in [-0.25, -0.2) is 4.79 Å². The van der Waals surface area contributed by atoms with E-state index in [9.17, 15) is 14.4 Å². The number of imide groups is 2. The highest BCUT2D eigenvalue weighted by molar-refractivity contribution is 6.20. The number of carbonyl (C=O) groups excluding carboxylic acids is 3. The molecule has 5 rings (SSSR count). The van der Waals surface area contributed by atoms with Crippen LogP contribution in [-0.4, -0.2) is 78.9 Å². The van der Waals surface area contributed by atoms with Crippen LogP contribution in [-0.2, 0) is 16.0 Å². The van der Waals surface area contributed by atoms with Crippen molar-refractivity contribution in [1.82, 2.24) is 14.7 Å². The summed E-state index contributed by atoms with van der Waals surface area (Å²) in [6, 6.07) is 17.2. The Hall–Kier alpha value is -3.45. The molecule has 0 unspecified atom stereocenters. The minimum absolute atomic E-state index is 0.303. The van der Waals surface area contributed by atoms with Crippen LogP contribution in [0.4, 0.5) is 10.5 Å². The van der Waals surface area contributed by atoms with Gasteiger partial charge >= 0.3 is 6.03 Å². The molecule has 1 atom stereocenters. The first-order chi connectivity index (χ1) is 15.9. The Balaban J connectivity index is 1.49. The monoisotopic (exact) mass is 444 g/mol. The third kappa shape index (κ3) is 3.35. The minimum Gasteiger partial charge on any atom is -0.364 e. The second kappa shape index (κ2) is 8.15. The third-order valence-corrected chi connectivity index (χ3v) is 7.22. The fourth-order valence-electron chi connectivity index (χ4n) is 5.50. The standard InChI is InChI=1S/C26H28N4O3/c1-27-23(31)26(24(32)28(2)25(27)33)17-20-12-6-7-13-21(20)30-16-15-29(18-22(26)30)14-8-11-19-9-4-3-5-10-19/h3-13,22H,14-18H2,1-2H3/b11-8+/t22-/m1/s1. The molecule has 0 saturated carbocycles. The zero-order valence-electron chi connectivity index (χ0n) is 19.0. The molecule has 0 aliphatic carbocycles. The smallest absolute Gasteiger partial charge is 0.332 e. The number of carbonyl (C=O) groups is 3. The molecule has 0 aromatic heterocycles. The molecular formula is C26H28N4O3. The summed E-state index contributed by atoms with van der Waals surface area (Å²) >= 11 is 0. The number of hydrogen-bond donors (Lipinski definition) is 0. The Bertz CT molecular complexity index is 1110. The number of anilines is 1. The van der Waals surface area contributed by atoms with Gasteiger partial charge in [0, 0.05) is 46.0 Å². The van der Waals surface area contributed by atoms with E-state index in [1.165, 1.54) is 14.1 Å². The van der Waals surface area contributed by atoms with E-state index in [-0.39, 0.29) is 6.04 Å². The van der Waals surface area contributed by atoms with Crippen LogP contribution in [0.2, 0.25) is 0 Å². The zero-order chi connectivity index (χ0) is 23.2. The molecule has 2 fully saturated rings. The minimum atomic E-state index is -1.31. The number of nitrogens with zero attached hydrogens (tertiary/aromatic N) is 4. The largest absolute Gasteiger partial charge is 0.364 e. The first-order valence-corrected chi connectivity index (χ1v) is 11.3. The summed E-state index contributed by atoms with van der Waals surface area (Å²) in [6.45, 7) is 2.84. The highest BCUT2D eigenvalue weighted by Crippen LogP contribution is 2.46. The fraction of sp³-hybridized carbons (Fsp3) is 0.346. The van der Waals surface area contributed by atoms with Crippen LogP contribution >= 0.6 is 0 Å². The van der Waals surface area contributed by atoms with Gasteiger partial charge in [0.2, 0.25) is 11.8 Å². The maximum Gasteiger partial charge on any atom is 0.332 e. The highest BCUT2D eigenvalue weighted by Gasteiger charge is 2.63. The highest BCUT2D eigenvalue weighted by atomic mass is 16.2. The molecule has 2 aromatic rings. The van der Waals surface area contributed by atoms with Crippen molar-refractivity contribution in [3.63, 3.8) is 0 Å². The molecular weight excluding hydrogens is 416 g/mol. The van der Waals surface area contributed by atoms with Crippen LogP contribution in [0.3, 0.4) is 0 Å². The van der Waals surface area contributed by atoms with Crippen LogP contribution in [0, 0.1) is 5.41 Å². The van der Waals surface area contributed by atoms with Crippen molar-refractivity contribution < 1.29 is 14.4 Å². The quantitative estimate of drug-likeness (QED) is 0.681. The van der Waals surface area contributed by atoms with Gasteiger partial charge in [0.25, 0.3) is 0 Å². The normalized spacial score (nSPS) is 22.8. The van der Waals surface area contributed by atoms with Gasteiger partial charge in [-0.15, -0.1) is 0 Å². The molecule has 7 heteroatoms. The van der Waals surface area contributed by atoms with Gasteiger partial charge in [-0.2, -0.15) is 0 Å². The lowest BCUT2D eigenvalue weighted by atomic mass is 9.67. The molecule has 2 saturated heterocycles. The number of benzene rings is 2. The van der Waals surface area contributed by atoms with Crippen LogP contribution in [0.15, 0.2) is 60.7 Å². The molecule has 0 bridgehead atoms. The molecule has 2 aromatic carbocycles. The third-order valence-electron chi connectivity index (χ3n) is 7.22. The Morgan fingerprint density at radius 1 is 0.909 bits per heavy atom. The van der Waals surface area contributed by atoms with Gasteiger partial charge < -0.3 is 4.90 Å². The van der Waals surface area contributed by atoms with Crippen LogP contribution in [0.1, 0.15) is 11.1 Å². The van der Waals surface area contributed by atoms with Crippen LogP contribution in [0.25, 0.3) is 6.08 Å². The average molecular weight is 445 g/mol. The predicted octanol–water partition coefficient (Wildman–Crippen LogP) is 2.48. The number of amides is 4. The molecule has 1 spiro atoms. The topological polar surface area (TPSA) is 64.2 Å². The summed E-state index contributed by atoms with van der Waals surface area (Å²) in [5.74, 6) is -0.802. The molecule has 0 N–H and O–H groups in total. The lowest BCUT2D eigenvalue weighted by molar-refractivity contribution is -0.160. The predicted molar refractivity (Wildman–Crippen MR) is 127 cm³/mol. The van der Waals surface area contributed by atoms with Gasteiger partial charge in [-0.3, -0.25) is 24.3 Å². The molecule has 33 heavy (non-hydrogen) atoms. The maximum absolute atomic E-state index is 13.6. The van der Waals surface area contributed by atoms with E-state index in [0.29, 0.717) is 19.5 Å². The van der Waals surface area contributed by atoms with Gasteiger partial charge in [0.1, 0.15) is 0 Å². The first-order valence-electron chi connectivity index (χ1n) is 11.3. The van der Waals surface area contributed by atoms with Crippen molar-refractivity contribution in [2.45, 2.75) is 12.5 Å². The van der Waals surface area contributed by atoms with Gasteiger partial charge in [0.15, 0.2) is 5.41 Å². The lowest BCUT2D eigenvalue weighted by Crippen LogP contribution is -2.74. The van der Waals surface area contributed by atoms with Gasteiger partial charge in [-0.1, -0.05) is 60.7 Å². The number of fused-ring (bicyclic) bond motifs is 4. The van der Waals surface area contributed by atoms with E-state index in [1.807, 2.05) is 36.4 Å². The number of barbiturate groups is 1. The molecule has 3 aliphatic heterocycles. The van der Waals surface area contributed by atoms with E-state index < -0.39 is 23.3 Å². The van der Waals surface area contributed by atoms with Crippen molar-refractivity contribution >= 4 is 29.6 Å². The average Bonchev–Trinajstić information content (AvgIpc) is 2.85. The summed E-state index contributed by atoms with van der Waals surface area (Å²) in [4.78, 5) is 46.5. The van der Waals surface area contributed by atoms with Crippen molar-refractivity contribution in [3.8, 4) is 0 Å². The molecule has 170 valence electrons. The number of piperazine rings is 1.